The molecular formula is C9H9BrN2O4. The number of hydrogen-bond acceptors (Lipinski definition) is 5. The summed E-state index contributed by atoms with van der Waals surface area (Å²) in [6.07, 6.45) is 1.20. The van der Waals surface area contributed by atoms with E-state index in [4.69, 9.17) is 4.42 Å². The molecule has 16 heavy (non-hydrogen) atoms. The molecule has 0 radical (unpaired) electrons. The summed E-state index contributed by atoms with van der Waals surface area (Å²) in [6, 6.07) is 0. The predicted octanol–water partition coefficient (Wildman–Crippen LogP) is 1.12. The quantitative estimate of drug-likeness (QED) is 0.666. The van der Waals surface area contributed by atoms with Crippen molar-refractivity contribution in [3.63, 3.8) is 0 Å². The third kappa shape index (κ3) is 2.93. The summed E-state index contributed by atoms with van der Waals surface area (Å²) in [5.74, 6) is -0.842. The van der Waals surface area contributed by atoms with Crippen LogP contribution in [0.3, 0.4) is 0 Å². The van der Waals surface area contributed by atoms with Crippen molar-refractivity contribution in [2.45, 2.75) is 6.92 Å². The zero-order chi connectivity index (χ0) is 12.1. The van der Waals surface area contributed by atoms with Gasteiger partial charge in [0.05, 0.1) is 7.11 Å². The SMILES string of the molecule is COC(=O)/C(=C\Br)NC(=O)c1coc(C)n1. The Morgan fingerprint density at radius 2 is 2.31 bits per heavy atom. The molecule has 0 bridgehead atoms. The molecule has 7 heteroatoms. The van der Waals surface area contributed by atoms with Gasteiger partial charge < -0.3 is 14.5 Å². The van der Waals surface area contributed by atoms with Crippen LogP contribution in [-0.2, 0) is 9.53 Å². The van der Waals surface area contributed by atoms with Crippen LogP contribution < -0.4 is 5.32 Å². The van der Waals surface area contributed by atoms with Gasteiger partial charge in [0.1, 0.15) is 12.0 Å². The van der Waals surface area contributed by atoms with Crippen molar-refractivity contribution in [1.82, 2.24) is 10.3 Å². The molecule has 0 unspecified atom stereocenters. The number of ether oxygens (including phenoxy) is 1. The summed E-state index contributed by atoms with van der Waals surface area (Å²) in [5, 5.41) is 2.33. The Balaban J connectivity index is 2.74. The normalized spacial score (nSPS) is 11.1. The predicted molar refractivity (Wildman–Crippen MR) is 57.7 cm³/mol. The fraction of sp³-hybridized carbons (Fsp3) is 0.222. The van der Waals surface area contributed by atoms with Crippen LogP contribution in [0.4, 0.5) is 0 Å². The largest absolute Gasteiger partial charge is 0.464 e. The van der Waals surface area contributed by atoms with E-state index in [0.717, 1.165) is 0 Å². The minimum absolute atomic E-state index is 0.0202. The number of esters is 1. The summed E-state index contributed by atoms with van der Waals surface area (Å²) in [5.41, 5.74) is 0.0707. The van der Waals surface area contributed by atoms with E-state index in [9.17, 15) is 9.59 Å². The molecule has 1 rings (SSSR count). The van der Waals surface area contributed by atoms with Crippen molar-refractivity contribution in [3.8, 4) is 0 Å². The van der Waals surface area contributed by atoms with Crippen molar-refractivity contribution >= 4 is 27.8 Å². The number of aromatic nitrogens is 1. The van der Waals surface area contributed by atoms with Gasteiger partial charge in [-0.25, -0.2) is 9.78 Å². The van der Waals surface area contributed by atoms with Gasteiger partial charge in [-0.2, -0.15) is 0 Å². The molecule has 0 fully saturated rings. The molecule has 0 atom stereocenters. The highest BCUT2D eigenvalue weighted by atomic mass is 79.9. The van der Waals surface area contributed by atoms with E-state index in [-0.39, 0.29) is 11.4 Å². The molecule has 0 saturated heterocycles. The molecule has 0 saturated carbocycles. The molecule has 1 amide bonds. The lowest BCUT2D eigenvalue weighted by Gasteiger charge is -2.04. The maximum Gasteiger partial charge on any atom is 0.355 e. The summed E-state index contributed by atoms with van der Waals surface area (Å²) in [6.45, 7) is 1.61. The first kappa shape index (κ1) is 12.4. The van der Waals surface area contributed by atoms with E-state index in [1.54, 1.807) is 6.92 Å². The lowest BCUT2D eigenvalue weighted by molar-refractivity contribution is -0.136. The van der Waals surface area contributed by atoms with Gasteiger partial charge in [0.15, 0.2) is 11.6 Å². The van der Waals surface area contributed by atoms with Crippen LogP contribution in [0.5, 0.6) is 0 Å². The Morgan fingerprint density at radius 1 is 1.62 bits per heavy atom. The second-order valence-electron chi connectivity index (χ2n) is 2.72. The van der Waals surface area contributed by atoms with Crippen LogP contribution in [0.15, 0.2) is 21.4 Å². The standard InChI is InChI=1S/C9H9BrN2O4/c1-5-11-7(4-16-5)8(13)12-6(3-10)9(14)15-2/h3-4H,1-2H3,(H,12,13)/b6-3+. The van der Waals surface area contributed by atoms with Gasteiger partial charge in [0.2, 0.25) is 0 Å². The zero-order valence-electron chi connectivity index (χ0n) is 8.61. The van der Waals surface area contributed by atoms with Crippen LogP contribution in [0.25, 0.3) is 0 Å². The topological polar surface area (TPSA) is 81.4 Å². The molecule has 0 aliphatic rings. The number of rotatable bonds is 3. The second kappa shape index (κ2) is 5.45. The van der Waals surface area contributed by atoms with Crippen LogP contribution in [0, 0.1) is 6.92 Å². The van der Waals surface area contributed by atoms with Gasteiger partial charge in [-0.05, 0) is 0 Å². The van der Waals surface area contributed by atoms with Gasteiger partial charge in [0, 0.05) is 11.9 Å². The minimum Gasteiger partial charge on any atom is -0.464 e. The first-order chi connectivity index (χ1) is 7.58. The highest BCUT2D eigenvalue weighted by Crippen LogP contribution is 2.03. The van der Waals surface area contributed by atoms with E-state index in [1.165, 1.54) is 18.4 Å². The second-order valence-corrected chi connectivity index (χ2v) is 3.18. The van der Waals surface area contributed by atoms with Crippen LogP contribution in [-0.4, -0.2) is 24.0 Å². The van der Waals surface area contributed by atoms with E-state index >= 15 is 0 Å². The van der Waals surface area contributed by atoms with Crippen molar-refractivity contribution in [2.75, 3.05) is 7.11 Å². The highest BCUT2D eigenvalue weighted by Gasteiger charge is 2.16. The van der Waals surface area contributed by atoms with E-state index in [2.05, 4.69) is 31.0 Å². The van der Waals surface area contributed by atoms with Crippen molar-refractivity contribution in [3.05, 3.63) is 28.5 Å². The minimum atomic E-state index is -0.662. The van der Waals surface area contributed by atoms with Gasteiger partial charge in [-0.15, -0.1) is 0 Å². The summed E-state index contributed by atoms with van der Waals surface area (Å²) < 4.78 is 9.32. The van der Waals surface area contributed by atoms with Crippen molar-refractivity contribution in [1.29, 1.82) is 0 Å². The smallest absolute Gasteiger partial charge is 0.355 e. The van der Waals surface area contributed by atoms with Crippen LogP contribution >= 0.6 is 15.9 Å². The van der Waals surface area contributed by atoms with E-state index in [0.29, 0.717) is 5.89 Å². The number of carbonyl (C=O) groups excluding carboxylic acids is 2. The number of oxazole rings is 1. The van der Waals surface area contributed by atoms with Gasteiger partial charge >= 0.3 is 5.97 Å². The Kier molecular flexibility index (Phi) is 4.24. The Labute approximate surface area is 99.8 Å². The highest BCUT2D eigenvalue weighted by molar-refractivity contribution is 9.11. The number of aryl methyl sites for hydroxylation is 1. The maximum atomic E-state index is 11.5. The molecular weight excluding hydrogens is 280 g/mol. The fourth-order valence-electron chi connectivity index (χ4n) is 0.887. The van der Waals surface area contributed by atoms with Gasteiger partial charge in [-0.3, -0.25) is 4.79 Å². The first-order valence-electron chi connectivity index (χ1n) is 4.20. The molecule has 1 N–H and O–H groups in total. The number of halogens is 1. The van der Waals surface area contributed by atoms with Crippen LogP contribution in [0.2, 0.25) is 0 Å². The Hall–Kier alpha value is -1.63. The number of carbonyl (C=O) groups is 2. The first-order valence-corrected chi connectivity index (χ1v) is 5.12. The van der Waals surface area contributed by atoms with Gasteiger partial charge in [-0.1, -0.05) is 15.9 Å². The molecule has 86 valence electrons. The number of nitrogens with zero attached hydrogens (tertiary/aromatic N) is 1. The van der Waals surface area contributed by atoms with Crippen LogP contribution in [0.1, 0.15) is 16.4 Å². The molecule has 0 aliphatic heterocycles. The fourth-order valence-corrected chi connectivity index (χ4v) is 1.19. The van der Waals surface area contributed by atoms with E-state index < -0.39 is 11.9 Å². The zero-order valence-corrected chi connectivity index (χ0v) is 10.2. The van der Waals surface area contributed by atoms with Crippen molar-refractivity contribution in [2.24, 2.45) is 0 Å². The molecule has 0 aromatic carbocycles. The number of methoxy groups -OCH3 is 1. The molecule has 1 aromatic heterocycles. The summed E-state index contributed by atoms with van der Waals surface area (Å²) in [7, 11) is 1.21. The number of hydrogen-bond donors (Lipinski definition) is 1. The van der Waals surface area contributed by atoms with Gasteiger partial charge in [0.25, 0.3) is 5.91 Å². The third-order valence-electron chi connectivity index (χ3n) is 1.61. The molecule has 1 heterocycles. The maximum absolute atomic E-state index is 11.5. The monoisotopic (exact) mass is 288 g/mol. The summed E-state index contributed by atoms with van der Waals surface area (Å²) >= 11 is 2.94. The van der Waals surface area contributed by atoms with E-state index in [1.807, 2.05) is 0 Å². The molecule has 1 aromatic rings. The number of amides is 1. The lowest BCUT2D eigenvalue weighted by Crippen LogP contribution is -2.28. The molecule has 0 spiro atoms. The molecule has 0 aliphatic carbocycles. The summed E-state index contributed by atoms with van der Waals surface area (Å²) in [4.78, 5) is 27.7. The third-order valence-corrected chi connectivity index (χ3v) is 2.07. The lowest BCUT2D eigenvalue weighted by atomic mass is 10.4. The Bertz CT molecular complexity index is 438. The average molecular weight is 289 g/mol. The Morgan fingerprint density at radius 3 is 2.75 bits per heavy atom. The number of nitrogens with one attached hydrogen (secondary N) is 1. The van der Waals surface area contributed by atoms with Crippen molar-refractivity contribution < 1.29 is 18.7 Å². The average Bonchev–Trinajstić information content (AvgIpc) is 2.71. The molecule has 6 nitrogen and oxygen atoms in total.